The van der Waals surface area contributed by atoms with Crippen LogP contribution in [0.25, 0.3) is 0 Å². The molecule has 1 heterocycles. The zero-order chi connectivity index (χ0) is 13.1. The van der Waals surface area contributed by atoms with Crippen LogP contribution in [-0.4, -0.2) is 6.54 Å². The third-order valence-corrected chi connectivity index (χ3v) is 4.19. The minimum absolute atomic E-state index is 0.0881. The number of rotatable bonds is 4. The zero-order valence-electron chi connectivity index (χ0n) is 11.0. The van der Waals surface area contributed by atoms with E-state index in [0.29, 0.717) is 5.56 Å². The molecule has 0 aliphatic rings. The maximum atomic E-state index is 13.7. The molecule has 0 spiro atoms. The molecular weight excluding hydrogens is 245 g/mol. The van der Waals surface area contributed by atoms with Crippen LogP contribution in [0.2, 0.25) is 0 Å². The summed E-state index contributed by atoms with van der Waals surface area (Å²) in [5, 5.41) is 5.52. The van der Waals surface area contributed by atoms with Gasteiger partial charge in [-0.3, -0.25) is 0 Å². The van der Waals surface area contributed by atoms with Crippen LogP contribution in [-0.2, 0) is 0 Å². The summed E-state index contributed by atoms with van der Waals surface area (Å²) >= 11 is 1.72. The zero-order valence-corrected chi connectivity index (χ0v) is 11.8. The molecule has 0 saturated carbocycles. The molecule has 0 amide bonds. The highest BCUT2D eigenvalue weighted by molar-refractivity contribution is 7.10. The van der Waals surface area contributed by atoms with Crippen LogP contribution in [0.3, 0.4) is 0 Å². The smallest absolute Gasteiger partial charge is 0.126 e. The Labute approximate surface area is 112 Å². The topological polar surface area (TPSA) is 12.0 Å². The molecule has 0 aliphatic carbocycles. The lowest BCUT2D eigenvalue weighted by molar-refractivity contribution is 0.599. The molecule has 1 N–H and O–H groups in total. The molecule has 0 fully saturated rings. The normalized spacial score (nSPS) is 12.7. The van der Waals surface area contributed by atoms with Gasteiger partial charge >= 0.3 is 0 Å². The molecule has 2 aromatic rings. The SMILES string of the molecule is CCNC(c1ccc(C)c(F)c1)c1sccc1C. The van der Waals surface area contributed by atoms with Gasteiger partial charge in [-0.1, -0.05) is 19.1 Å². The van der Waals surface area contributed by atoms with Gasteiger partial charge in [0.25, 0.3) is 0 Å². The van der Waals surface area contributed by atoms with Gasteiger partial charge in [0.15, 0.2) is 0 Å². The highest BCUT2D eigenvalue weighted by atomic mass is 32.1. The molecule has 3 heteroatoms. The first-order chi connectivity index (χ1) is 8.63. The summed E-state index contributed by atoms with van der Waals surface area (Å²) in [5.74, 6) is -0.135. The Balaban J connectivity index is 2.41. The van der Waals surface area contributed by atoms with E-state index in [1.165, 1.54) is 10.4 Å². The molecular formula is C15H18FNS. The fourth-order valence-electron chi connectivity index (χ4n) is 2.03. The molecule has 1 nitrogen and oxygen atoms in total. The monoisotopic (exact) mass is 263 g/mol. The van der Waals surface area contributed by atoms with Crippen molar-refractivity contribution in [3.63, 3.8) is 0 Å². The van der Waals surface area contributed by atoms with Gasteiger partial charge < -0.3 is 5.32 Å². The van der Waals surface area contributed by atoms with Crippen molar-refractivity contribution in [3.05, 3.63) is 57.0 Å². The standard InChI is InChI=1S/C15H18FNS/c1-4-17-14(15-11(3)7-8-18-15)12-6-5-10(2)13(16)9-12/h5-9,14,17H,4H2,1-3H3. The van der Waals surface area contributed by atoms with Gasteiger partial charge in [0.05, 0.1) is 6.04 Å². The van der Waals surface area contributed by atoms with E-state index in [1.54, 1.807) is 24.3 Å². The second-order valence-electron chi connectivity index (χ2n) is 4.47. The summed E-state index contributed by atoms with van der Waals surface area (Å²) in [6.07, 6.45) is 0. The van der Waals surface area contributed by atoms with Crippen molar-refractivity contribution >= 4 is 11.3 Å². The highest BCUT2D eigenvalue weighted by Gasteiger charge is 2.17. The predicted octanol–water partition coefficient (Wildman–Crippen LogP) is 4.20. The molecule has 1 aromatic heterocycles. The van der Waals surface area contributed by atoms with Crippen molar-refractivity contribution < 1.29 is 4.39 Å². The second-order valence-corrected chi connectivity index (χ2v) is 5.41. The molecule has 0 bridgehead atoms. The molecule has 1 aromatic carbocycles. The number of thiophene rings is 1. The third-order valence-electron chi connectivity index (χ3n) is 3.10. The largest absolute Gasteiger partial charge is 0.306 e. The Morgan fingerprint density at radius 2 is 2.00 bits per heavy atom. The maximum absolute atomic E-state index is 13.7. The third kappa shape index (κ3) is 2.62. The number of halogens is 1. The van der Waals surface area contributed by atoms with E-state index < -0.39 is 0 Å². The van der Waals surface area contributed by atoms with E-state index in [2.05, 4.69) is 30.6 Å². The first-order valence-electron chi connectivity index (χ1n) is 6.17. The predicted molar refractivity (Wildman–Crippen MR) is 75.7 cm³/mol. The van der Waals surface area contributed by atoms with Crippen LogP contribution in [0.5, 0.6) is 0 Å². The van der Waals surface area contributed by atoms with Gasteiger partial charge in [-0.15, -0.1) is 11.3 Å². The van der Waals surface area contributed by atoms with Crippen molar-refractivity contribution in [3.8, 4) is 0 Å². The first-order valence-corrected chi connectivity index (χ1v) is 7.05. The molecule has 0 radical (unpaired) electrons. The van der Waals surface area contributed by atoms with E-state index in [0.717, 1.165) is 12.1 Å². The van der Waals surface area contributed by atoms with Crippen molar-refractivity contribution in [2.75, 3.05) is 6.54 Å². The summed E-state index contributed by atoms with van der Waals surface area (Å²) in [6, 6.07) is 7.68. The summed E-state index contributed by atoms with van der Waals surface area (Å²) in [6.45, 7) is 6.82. The van der Waals surface area contributed by atoms with E-state index >= 15 is 0 Å². The molecule has 2 rings (SSSR count). The minimum Gasteiger partial charge on any atom is -0.306 e. The lowest BCUT2D eigenvalue weighted by atomic mass is 10.0. The quantitative estimate of drug-likeness (QED) is 0.871. The molecule has 1 atom stereocenters. The van der Waals surface area contributed by atoms with Gasteiger partial charge in [-0.25, -0.2) is 4.39 Å². The van der Waals surface area contributed by atoms with Crippen molar-refractivity contribution in [2.24, 2.45) is 0 Å². The molecule has 0 aliphatic heterocycles. The Hall–Kier alpha value is -1.19. The number of benzene rings is 1. The molecule has 0 saturated heterocycles. The average molecular weight is 263 g/mol. The van der Waals surface area contributed by atoms with Crippen LogP contribution >= 0.6 is 11.3 Å². The van der Waals surface area contributed by atoms with Gasteiger partial charge in [0.1, 0.15) is 5.82 Å². The summed E-state index contributed by atoms with van der Waals surface area (Å²) in [4.78, 5) is 1.26. The number of hydrogen-bond donors (Lipinski definition) is 1. The lowest BCUT2D eigenvalue weighted by Crippen LogP contribution is -2.21. The van der Waals surface area contributed by atoms with E-state index in [-0.39, 0.29) is 11.9 Å². The number of nitrogens with one attached hydrogen (secondary N) is 1. The number of aryl methyl sites for hydroxylation is 2. The lowest BCUT2D eigenvalue weighted by Gasteiger charge is -2.18. The van der Waals surface area contributed by atoms with E-state index in [1.807, 2.05) is 12.1 Å². The van der Waals surface area contributed by atoms with Crippen LogP contribution in [0, 0.1) is 19.7 Å². The van der Waals surface area contributed by atoms with Gasteiger partial charge in [0.2, 0.25) is 0 Å². The van der Waals surface area contributed by atoms with Crippen LogP contribution in [0.4, 0.5) is 4.39 Å². The Morgan fingerprint density at radius 1 is 1.22 bits per heavy atom. The highest BCUT2D eigenvalue weighted by Crippen LogP contribution is 2.30. The number of hydrogen-bond acceptors (Lipinski definition) is 2. The van der Waals surface area contributed by atoms with Gasteiger partial charge in [-0.05, 0) is 54.6 Å². The molecule has 1 unspecified atom stereocenters. The Kier molecular flexibility index (Phi) is 4.15. The van der Waals surface area contributed by atoms with Crippen LogP contribution < -0.4 is 5.32 Å². The van der Waals surface area contributed by atoms with Crippen molar-refractivity contribution in [2.45, 2.75) is 26.8 Å². The molecule has 18 heavy (non-hydrogen) atoms. The minimum atomic E-state index is -0.135. The van der Waals surface area contributed by atoms with Gasteiger partial charge in [-0.2, -0.15) is 0 Å². The summed E-state index contributed by atoms with van der Waals surface area (Å²) in [7, 11) is 0. The van der Waals surface area contributed by atoms with Crippen LogP contribution in [0.15, 0.2) is 29.6 Å². The fourth-order valence-corrected chi connectivity index (χ4v) is 3.06. The van der Waals surface area contributed by atoms with E-state index in [9.17, 15) is 4.39 Å². The van der Waals surface area contributed by atoms with Crippen LogP contribution in [0.1, 0.15) is 34.5 Å². The Bertz CT molecular complexity index is 533. The average Bonchev–Trinajstić information content (AvgIpc) is 2.76. The first kappa shape index (κ1) is 13.2. The Morgan fingerprint density at radius 3 is 2.56 bits per heavy atom. The van der Waals surface area contributed by atoms with Crippen molar-refractivity contribution in [1.82, 2.24) is 5.32 Å². The van der Waals surface area contributed by atoms with E-state index in [4.69, 9.17) is 0 Å². The van der Waals surface area contributed by atoms with Gasteiger partial charge in [0, 0.05) is 4.88 Å². The maximum Gasteiger partial charge on any atom is 0.126 e. The molecule has 96 valence electrons. The summed E-state index contributed by atoms with van der Waals surface area (Å²) < 4.78 is 13.7. The fraction of sp³-hybridized carbons (Fsp3) is 0.333. The van der Waals surface area contributed by atoms with Crippen molar-refractivity contribution in [1.29, 1.82) is 0 Å². The second kappa shape index (κ2) is 5.63. The summed E-state index contributed by atoms with van der Waals surface area (Å²) in [5.41, 5.74) is 2.94.